The summed E-state index contributed by atoms with van der Waals surface area (Å²) in [4.78, 5) is 14.6. The van der Waals surface area contributed by atoms with Crippen LogP contribution in [0.2, 0.25) is 0 Å². The predicted molar refractivity (Wildman–Crippen MR) is 154 cm³/mol. The number of hydrogen-bond acceptors (Lipinski definition) is 3. The maximum Gasteiger partial charge on any atom is 0.418 e. The Morgan fingerprint density at radius 3 is 2.28 bits per heavy atom. The highest BCUT2D eigenvalue weighted by Crippen LogP contribution is 2.41. The summed E-state index contributed by atoms with van der Waals surface area (Å²) in [6, 6.07) is 21.3. The average molecular weight is 623 g/mol. The first-order chi connectivity index (χ1) is 18.1. The SMILES string of the molecule is COc1cc(C(=O)NCCN(C)C)ccc1-c1ccc(-c2ccc(Br)cc2)n1-c1ccccc1C(F)(F)F.Cl. The molecule has 1 aromatic heterocycles. The number of likely N-dealkylation sites (N-methyl/N-ethyl adjacent to an activating group) is 1. The number of para-hydroxylation sites is 1. The molecule has 0 bridgehead atoms. The third kappa shape index (κ3) is 6.84. The number of nitrogens with zero attached hydrogens (tertiary/aromatic N) is 2. The molecule has 0 aliphatic rings. The molecule has 206 valence electrons. The molecule has 0 saturated heterocycles. The van der Waals surface area contributed by atoms with Gasteiger partial charge in [-0.3, -0.25) is 4.79 Å². The fourth-order valence-corrected chi connectivity index (χ4v) is 4.46. The molecule has 1 N–H and O–H groups in total. The molecule has 0 unspecified atom stereocenters. The van der Waals surface area contributed by atoms with E-state index in [1.165, 1.54) is 19.2 Å². The minimum absolute atomic E-state index is 0. The van der Waals surface area contributed by atoms with E-state index in [-0.39, 0.29) is 24.0 Å². The Labute approximate surface area is 240 Å². The number of carbonyl (C=O) groups is 1. The van der Waals surface area contributed by atoms with Gasteiger partial charge in [0.15, 0.2) is 0 Å². The van der Waals surface area contributed by atoms with Crippen LogP contribution in [0.5, 0.6) is 5.75 Å². The Hall–Kier alpha value is -3.27. The van der Waals surface area contributed by atoms with Crippen molar-refractivity contribution in [2.75, 3.05) is 34.3 Å². The lowest BCUT2D eigenvalue weighted by atomic mass is 10.1. The van der Waals surface area contributed by atoms with Gasteiger partial charge < -0.3 is 19.5 Å². The number of rotatable bonds is 8. The first-order valence-corrected chi connectivity index (χ1v) is 12.6. The molecule has 0 atom stereocenters. The second kappa shape index (κ2) is 12.7. The van der Waals surface area contributed by atoms with Crippen LogP contribution in [0.4, 0.5) is 13.2 Å². The summed E-state index contributed by atoms with van der Waals surface area (Å²) in [5, 5.41) is 2.86. The Morgan fingerprint density at radius 1 is 0.974 bits per heavy atom. The molecule has 3 aromatic carbocycles. The van der Waals surface area contributed by atoms with Gasteiger partial charge in [-0.05, 0) is 74.3 Å². The Morgan fingerprint density at radius 2 is 1.64 bits per heavy atom. The second-order valence-corrected chi connectivity index (χ2v) is 9.85. The lowest BCUT2D eigenvalue weighted by Crippen LogP contribution is -2.31. The molecule has 0 aliphatic carbocycles. The third-order valence-corrected chi connectivity index (χ3v) is 6.58. The molecule has 5 nitrogen and oxygen atoms in total. The first-order valence-electron chi connectivity index (χ1n) is 11.9. The molecule has 1 heterocycles. The molecule has 0 aliphatic heterocycles. The highest BCUT2D eigenvalue weighted by atomic mass is 79.9. The van der Waals surface area contributed by atoms with Gasteiger partial charge in [0.25, 0.3) is 5.91 Å². The topological polar surface area (TPSA) is 46.5 Å². The van der Waals surface area contributed by atoms with Crippen molar-refractivity contribution in [3.63, 3.8) is 0 Å². The van der Waals surface area contributed by atoms with E-state index in [1.54, 1.807) is 41.0 Å². The summed E-state index contributed by atoms with van der Waals surface area (Å²) in [7, 11) is 5.30. The Bertz CT molecular complexity index is 1440. The molecule has 0 radical (unpaired) electrons. The zero-order valence-corrected chi connectivity index (χ0v) is 24.0. The van der Waals surface area contributed by atoms with Crippen molar-refractivity contribution in [2.45, 2.75) is 6.18 Å². The van der Waals surface area contributed by atoms with E-state index in [1.807, 2.05) is 43.3 Å². The smallest absolute Gasteiger partial charge is 0.418 e. The number of benzene rings is 3. The highest BCUT2D eigenvalue weighted by Gasteiger charge is 2.34. The summed E-state index contributed by atoms with van der Waals surface area (Å²) >= 11 is 3.41. The van der Waals surface area contributed by atoms with E-state index in [4.69, 9.17) is 4.74 Å². The number of aromatic nitrogens is 1. The number of halogens is 5. The largest absolute Gasteiger partial charge is 0.496 e. The Kier molecular flexibility index (Phi) is 9.88. The maximum absolute atomic E-state index is 14.1. The zero-order valence-electron chi connectivity index (χ0n) is 21.6. The summed E-state index contributed by atoms with van der Waals surface area (Å²) in [6.45, 7) is 1.16. The summed E-state index contributed by atoms with van der Waals surface area (Å²) in [5.41, 5.74) is 2.00. The number of methoxy groups -OCH3 is 1. The van der Waals surface area contributed by atoms with Gasteiger partial charge >= 0.3 is 6.18 Å². The lowest BCUT2D eigenvalue weighted by molar-refractivity contribution is -0.137. The van der Waals surface area contributed by atoms with Crippen molar-refractivity contribution in [3.05, 3.63) is 94.5 Å². The van der Waals surface area contributed by atoms with E-state index in [2.05, 4.69) is 21.2 Å². The van der Waals surface area contributed by atoms with Crippen molar-refractivity contribution < 1.29 is 22.7 Å². The van der Waals surface area contributed by atoms with Crippen LogP contribution in [0, 0.1) is 0 Å². The molecular formula is C29H28BrClF3N3O2. The van der Waals surface area contributed by atoms with Crippen LogP contribution in [-0.2, 0) is 6.18 Å². The number of nitrogens with one attached hydrogen (secondary N) is 1. The van der Waals surface area contributed by atoms with Crippen LogP contribution in [0.1, 0.15) is 15.9 Å². The number of hydrogen-bond donors (Lipinski definition) is 1. The molecule has 4 aromatic rings. The summed E-state index contributed by atoms with van der Waals surface area (Å²) < 4.78 is 50.4. The Balaban J connectivity index is 0.00000420. The third-order valence-electron chi connectivity index (χ3n) is 6.06. The molecule has 0 fully saturated rings. The van der Waals surface area contributed by atoms with Crippen molar-refractivity contribution in [2.24, 2.45) is 0 Å². The molecular weight excluding hydrogens is 595 g/mol. The van der Waals surface area contributed by atoms with Gasteiger partial charge in [-0.2, -0.15) is 13.2 Å². The predicted octanol–water partition coefficient (Wildman–Crippen LogP) is 7.31. The summed E-state index contributed by atoms with van der Waals surface area (Å²) in [6.07, 6.45) is -4.56. The van der Waals surface area contributed by atoms with Crippen LogP contribution in [0.15, 0.2) is 83.3 Å². The fourth-order valence-electron chi connectivity index (χ4n) is 4.20. The molecule has 39 heavy (non-hydrogen) atoms. The number of ether oxygens (including phenoxy) is 1. The van der Waals surface area contributed by atoms with E-state index in [0.29, 0.717) is 41.4 Å². The molecule has 4 rings (SSSR count). The number of carbonyl (C=O) groups excluding carboxylic acids is 1. The molecule has 1 amide bonds. The highest BCUT2D eigenvalue weighted by molar-refractivity contribution is 9.10. The number of alkyl halides is 3. The van der Waals surface area contributed by atoms with Crippen LogP contribution in [0.3, 0.4) is 0 Å². The zero-order chi connectivity index (χ0) is 27.4. The molecule has 0 saturated carbocycles. The van der Waals surface area contributed by atoms with Crippen LogP contribution in [0.25, 0.3) is 28.2 Å². The molecule has 10 heteroatoms. The van der Waals surface area contributed by atoms with Gasteiger partial charge in [0.05, 0.1) is 29.7 Å². The quantitative estimate of drug-likeness (QED) is 0.224. The van der Waals surface area contributed by atoms with E-state index in [0.717, 1.165) is 16.1 Å². The van der Waals surface area contributed by atoms with Gasteiger partial charge in [-0.25, -0.2) is 0 Å². The van der Waals surface area contributed by atoms with Gasteiger partial charge in [0.1, 0.15) is 5.75 Å². The van der Waals surface area contributed by atoms with Gasteiger partial charge in [-0.15, -0.1) is 12.4 Å². The van der Waals surface area contributed by atoms with Crippen molar-refractivity contribution in [1.82, 2.24) is 14.8 Å². The minimum Gasteiger partial charge on any atom is -0.496 e. The number of amides is 1. The van der Waals surface area contributed by atoms with E-state index in [9.17, 15) is 18.0 Å². The van der Waals surface area contributed by atoms with Gasteiger partial charge in [0.2, 0.25) is 0 Å². The van der Waals surface area contributed by atoms with Crippen molar-refractivity contribution in [1.29, 1.82) is 0 Å². The van der Waals surface area contributed by atoms with Gasteiger partial charge in [0, 0.05) is 28.7 Å². The first kappa shape index (κ1) is 30.3. The van der Waals surface area contributed by atoms with E-state index >= 15 is 0 Å². The minimum atomic E-state index is -4.56. The van der Waals surface area contributed by atoms with Crippen LogP contribution >= 0.6 is 28.3 Å². The van der Waals surface area contributed by atoms with Gasteiger partial charge in [-0.1, -0.05) is 40.2 Å². The molecule has 0 spiro atoms. The van der Waals surface area contributed by atoms with E-state index < -0.39 is 11.7 Å². The normalized spacial score (nSPS) is 11.3. The fraction of sp³-hybridized carbons (Fsp3) is 0.207. The standard InChI is InChI=1S/C29H27BrF3N3O2.ClH/c1-35(2)17-16-34-28(37)20-10-13-22(27(18-20)38-3)25-15-14-24(19-8-11-21(30)12-9-19)36(25)26-7-5-4-6-23(26)29(31,32)33;/h4-15,18H,16-17H2,1-3H3,(H,34,37);1H. The van der Waals surface area contributed by atoms with Crippen LogP contribution < -0.4 is 10.1 Å². The van der Waals surface area contributed by atoms with Crippen LogP contribution in [-0.4, -0.2) is 49.7 Å². The summed E-state index contributed by atoms with van der Waals surface area (Å²) in [5.74, 6) is 0.113. The second-order valence-electron chi connectivity index (χ2n) is 8.94. The monoisotopic (exact) mass is 621 g/mol. The van der Waals surface area contributed by atoms with Crippen molar-refractivity contribution in [3.8, 4) is 34.0 Å². The average Bonchev–Trinajstić information content (AvgIpc) is 3.32. The maximum atomic E-state index is 14.1. The lowest BCUT2D eigenvalue weighted by Gasteiger charge is -2.20. The van der Waals surface area contributed by atoms with Crippen molar-refractivity contribution >= 4 is 34.2 Å².